The molecule has 2 rings (SSSR count). The average Bonchev–Trinajstić information content (AvgIpc) is 2.57. The van der Waals surface area contributed by atoms with Crippen LogP contribution in [0.25, 0.3) is 0 Å². The lowest BCUT2D eigenvalue weighted by Gasteiger charge is -2.14. The summed E-state index contributed by atoms with van der Waals surface area (Å²) in [7, 11) is 0. The van der Waals surface area contributed by atoms with Gasteiger partial charge in [0.15, 0.2) is 5.78 Å². The molecule has 0 aliphatic rings. The molecule has 25 heavy (non-hydrogen) atoms. The van der Waals surface area contributed by atoms with Gasteiger partial charge in [-0.05, 0) is 19.1 Å². The van der Waals surface area contributed by atoms with Crippen LogP contribution in [0, 0.1) is 0 Å². The molecule has 132 valence electrons. The van der Waals surface area contributed by atoms with Crippen LogP contribution in [-0.4, -0.2) is 36.0 Å². The third-order valence-electron chi connectivity index (χ3n) is 3.33. The lowest BCUT2D eigenvalue weighted by atomic mass is 10.0. The van der Waals surface area contributed by atoms with E-state index >= 15 is 0 Å². The van der Waals surface area contributed by atoms with Gasteiger partial charge in [-0.25, -0.2) is 0 Å². The second kappa shape index (κ2) is 8.97. The Morgan fingerprint density at radius 3 is 2.48 bits per heavy atom. The van der Waals surface area contributed by atoms with Gasteiger partial charge in [0.25, 0.3) is 0 Å². The summed E-state index contributed by atoms with van der Waals surface area (Å²) >= 11 is 12.2. The Bertz CT molecular complexity index is 764. The molecule has 7 heteroatoms. The summed E-state index contributed by atoms with van der Waals surface area (Å²) in [5.41, 5.74) is 0.889. The number of hydrogen-bond donors (Lipinski definition) is 3. The second-order valence-electron chi connectivity index (χ2n) is 5.53. The minimum Gasteiger partial charge on any atom is -0.392 e. The van der Waals surface area contributed by atoms with Crippen LogP contribution in [0.3, 0.4) is 0 Å². The van der Waals surface area contributed by atoms with Crippen molar-refractivity contribution < 1.29 is 14.7 Å². The fraction of sp³-hybridized carbons (Fsp3) is 0.222. The quantitative estimate of drug-likeness (QED) is 0.644. The molecule has 1 amide bonds. The van der Waals surface area contributed by atoms with Crippen molar-refractivity contribution in [3.8, 4) is 0 Å². The number of rotatable bonds is 7. The van der Waals surface area contributed by atoms with Crippen molar-refractivity contribution in [2.24, 2.45) is 0 Å². The van der Waals surface area contributed by atoms with E-state index < -0.39 is 6.10 Å². The van der Waals surface area contributed by atoms with Gasteiger partial charge in [-0.1, -0.05) is 53.5 Å². The summed E-state index contributed by atoms with van der Waals surface area (Å²) in [4.78, 5) is 24.8. The van der Waals surface area contributed by atoms with Crippen molar-refractivity contribution in [1.29, 1.82) is 0 Å². The van der Waals surface area contributed by atoms with Crippen LogP contribution in [0.2, 0.25) is 10.0 Å². The number of carbonyl (C=O) groups excluding carboxylic acids is 2. The highest BCUT2D eigenvalue weighted by molar-refractivity contribution is 6.38. The maximum Gasteiger partial charge on any atom is 0.238 e. The number of hydrogen-bond acceptors (Lipinski definition) is 4. The van der Waals surface area contributed by atoms with Gasteiger partial charge in [-0.15, -0.1) is 0 Å². The van der Waals surface area contributed by atoms with Gasteiger partial charge in [0.05, 0.1) is 23.4 Å². The Kier molecular flexibility index (Phi) is 6.96. The number of halogens is 2. The van der Waals surface area contributed by atoms with Gasteiger partial charge in [0.1, 0.15) is 0 Å². The second-order valence-corrected chi connectivity index (χ2v) is 6.38. The molecule has 0 fully saturated rings. The maximum absolute atomic E-state index is 12.7. The van der Waals surface area contributed by atoms with Crippen LogP contribution in [0.1, 0.15) is 22.8 Å². The van der Waals surface area contributed by atoms with Gasteiger partial charge in [-0.2, -0.15) is 0 Å². The topological polar surface area (TPSA) is 78.4 Å². The Balaban J connectivity index is 2.25. The van der Waals surface area contributed by atoms with E-state index in [1.54, 1.807) is 37.3 Å². The first-order valence-electron chi connectivity index (χ1n) is 7.66. The van der Waals surface area contributed by atoms with E-state index in [1.165, 1.54) is 12.1 Å². The molecule has 5 nitrogen and oxygen atoms in total. The molecule has 0 aromatic heterocycles. The number of anilines is 1. The predicted molar refractivity (Wildman–Crippen MR) is 99.5 cm³/mol. The highest BCUT2D eigenvalue weighted by Gasteiger charge is 2.19. The van der Waals surface area contributed by atoms with Crippen LogP contribution in [0.5, 0.6) is 0 Å². The first-order chi connectivity index (χ1) is 11.9. The fourth-order valence-corrected chi connectivity index (χ4v) is 2.74. The van der Waals surface area contributed by atoms with E-state index in [0.717, 1.165) is 0 Å². The number of amides is 1. The highest BCUT2D eigenvalue weighted by atomic mass is 35.5. The molecule has 1 atom stereocenters. The molecule has 3 N–H and O–H groups in total. The van der Waals surface area contributed by atoms with E-state index in [1.807, 2.05) is 0 Å². The molecule has 0 heterocycles. The largest absolute Gasteiger partial charge is 0.392 e. The Labute approximate surface area is 156 Å². The monoisotopic (exact) mass is 380 g/mol. The van der Waals surface area contributed by atoms with Crippen molar-refractivity contribution in [2.45, 2.75) is 13.0 Å². The van der Waals surface area contributed by atoms with E-state index in [4.69, 9.17) is 23.2 Å². The van der Waals surface area contributed by atoms with Crippen molar-refractivity contribution in [2.75, 3.05) is 18.4 Å². The van der Waals surface area contributed by atoms with E-state index in [9.17, 15) is 14.7 Å². The van der Waals surface area contributed by atoms with Crippen molar-refractivity contribution >= 4 is 40.6 Å². The van der Waals surface area contributed by atoms with Crippen LogP contribution in [0.15, 0.2) is 42.5 Å². The van der Waals surface area contributed by atoms with Gasteiger partial charge >= 0.3 is 0 Å². The summed E-state index contributed by atoms with van der Waals surface area (Å²) in [5.74, 6) is -0.677. The van der Waals surface area contributed by atoms with Crippen LogP contribution in [-0.2, 0) is 4.79 Å². The zero-order chi connectivity index (χ0) is 18.4. The fourth-order valence-electron chi connectivity index (χ4n) is 2.20. The molecule has 0 aliphatic carbocycles. The molecule has 0 bridgehead atoms. The Morgan fingerprint density at radius 1 is 1.16 bits per heavy atom. The summed E-state index contributed by atoms with van der Waals surface area (Å²) in [5, 5.41) is 15.1. The summed E-state index contributed by atoms with van der Waals surface area (Å²) in [6.07, 6.45) is -0.567. The molecule has 2 aromatic rings. The molecule has 0 radical (unpaired) electrons. The summed E-state index contributed by atoms with van der Waals surface area (Å²) in [6.45, 7) is 1.86. The molecule has 0 saturated heterocycles. The minimum atomic E-state index is -0.567. The lowest BCUT2D eigenvalue weighted by molar-refractivity contribution is -0.115. The Hall–Kier alpha value is -1.92. The van der Waals surface area contributed by atoms with E-state index in [2.05, 4.69) is 10.6 Å². The van der Waals surface area contributed by atoms with E-state index in [-0.39, 0.29) is 41.1 Å². The third kappa shape index (κ3) is 5.54. The molecule has 0 saturated carbocycles. The first-order valence-corrected chi connectivity index (χ1v) is 8.41. The normalized spacial score (nSPS) is 11.8. The molecular weight excluding hydrogens is 363 g/mol. The van der Waals surface area contributed by atoms with Gasteiger partial charge in [0.2, 0.25) is 5.91 Å². The van der Waals surface area contributed by atoms with Gasteiger partial charge in [0, 0.05) is 22.7 Å². The zero-order valence-electron chi connectivity index (χ0n) is 13.6. The lowest BCUT2D eigenvalue weighted by Crippen LogP contribution is -2.33. The number of benzene rings is 2. The molecular formula is C18H18Cl2N2O3. The third-order valence-corrected chi connectivity index (χ3v) is 3.84. The molecule has 1 unspecified atom stereocenters. The van der Waals surface area contributed by atoms with Crippen molar-refractivity contribution in [1.82, 2.24) is 5.32 Å². The number of carbonyl (C=O) groups is 2. The minimum absolute atomic E-state index is 0.0250. The van der Waals surface area contributed by atoms with Crippen LogP contribution >= 0.6 is 23.2 Å². The SMILES string of the molecule is CC(O)CNCC(=O)Nc1c(Cl)cc(Cl)cc1C(=O)c1ccccc1. The number of aliphatic hydroxyl groups excluding tert-OH is 1. The molecule has 0 aliphatic heterocycles. The maximum atomic E-state index is 12.7. The van der Waals surface area contributed by atoms with Gasteiger partial charge in [-0.3, -0.25) is 9.59 Å². The van der Waals surface area contributed by atoms with Crippen molar-refractivity contribution in [3.63, 3.8) is 0 Å². The number of ketones is 1. The van der Waals surface area contributed by atoms with Crippen LogP contribution in [0.4, 0.5) is 5.69 Å². The highest BCUT2D eigenvalue weighted by Crippen LogP contribution is 2.31. The molecule has 0 spiro atoms. The Morgan fingerprint density at radius 2 is 1.84 bits per heavy atom. The molecule has 2 aromatic carbocycles. The van der Waals surface area contributed by atoms with Gasteiger partial charge < -0.3 is 15.7 Å². The summed E-state index contributed by atoms with van der Waals surface area (Å²) in [6, 6.07) is 11.6. The first kappa shape index (κ1) is 19.4. The summed E-state index contributed by atoms with van der Waals surface area (Å²) < 4.78 is 0. The van der Waals surface area contributed by atoms with Crippen molar-refractivity contribution in [3.05, 3.63) is 63.6 Å². The number of aliphatic hydroxyl groups is 1. The smallest absolute Gasteiger partial charge is 0.238 e. The average molecular weight is 381 g/mol. The van der Waals surface area contributed by atoms with E-state index in [0.29, 0.717) is 10.6 Å². The predicted octanol–water partition coefficient (Wildman–Crippen LogP) is 3.13. The van der Waals surface area contributed by atoms with Crippen LogP contribution < -0.4 is 10.6 Å². The standard InChI is InChI=1S/C18H18Cl2N2O3/c1-11(23)9-21-10-16(24)22-17-14(7-13(19)8-15(17)20)18(25)12-5-3-2-4-6-12/h2-8,11,21,23H,9-10H2,1H3,(H,22,24). The zero-order valence-corrected chi connectivity index (χ0v) is 15.1. The number of nitrogens with one attached hydrogen (secondary N) is 2.